The van der Waals surface area contributed by atoms with E-state index in [2.05, 4.69) is 36.2 Å². The lowest BCUT2D eigenvalue weighted by Crippen LogP contribution is -2.37. The van der Waals surface area contributed by atoms with Crippen LogP contribution >= 0.6 is 0 Å². The fourth-order valence-corrected chi connectivity index (χ4v) is 2.80. The van der Waals surface area contributed by atoms with Crippen molar-refractivity contribution in [3.8, 4) is 0 Å². The largest absolute Gasteiger partial charge is 0.372 e. The summed E-state index contributed by atoms with van der Waals surface area (Å²) in [6, 6.07) is 6.17. The first-order valence-corrected chi connectivity index (χ1v) is 8.84. The van der Waals surface area contributed by atoms with Crippen LogP contribution in [0.15, 0.2) is 18.2 Å². The fraction of sp³-hybridized carbons (Fsp3) is 0.579. The van der Waals surface area contributed by atoms with E-state index in [0.29, 0.717) is 19.5 Å². The summed E-state index contributed by atoms with van der Waals surface area (Å²) in [6.07, 6.45) is 1.35. The normalized spacial score (nSPS) is 10.4. The van der Waals surface area contributed by atoms with Gasteiger partial charge in [0.05, 0.1) is 0 Å². The Morgan fingerprint density at radius 3 is 2.29 bits per heavy atom. The van der Waals surface area contributed by atoms with Crippen molar-refractivity contribution in [1.82, 2.24) is 5.32 Å². The van der Waals surface area contributed by atoms with Crippen molar-refractivity contribution in [1.29, 1.82) is 0 Å². The van der Waals surface area contributed by atoms with E-state index in [9.17, 15) is 9.59 Å². The quantitative estimate of drug-likeness (QED) is 0.755. The number of nitrogens with zero attached hydrogens (tertiary/aromatic N) is 2. The molecule has 24 heavy (non-hydrogen) atoms. The van der Waals surface area contributed by atoms with Gasteiger partial charge in [-0.2, -0.15) is 0 Å². The van der Waals surface area contributed by atoms with Gasteiger partial charge in [-0.05, 0) is 51.0 Å². The van der Waals surface area contributed by atoms with Crippen LogP contribution in [0.4, 0.5) is 11.4 Å². The Morgan fingerprint density at radius 2 is 1.79 bits per heavy atom. The van der Waals surface area contributed by atoms with E-state index < -0.39 is 0 Å². The summed E-state index contributed by atoms with van der Waals surface area (Å²) >= 11 is 0. The first-order valence-electron chi connectivity index (χ1n) is 8.84. The minimum absolute atomic E-state index is 0.0153. The Bertz CT molecular complexity index is 554. The van der Waals surface area contributed by atoms with Crippen molar-refractivity contribution in [2.24, 2.45) is 0 Å². The maximum Gasteiger partial charge on any atom is 0.223 e. The number of nitrogens with one attached hydrogen (secondary N) is 1. The van der Waals surface area contributed by atoms with Crippen molar-refractivity contribution in [3.05, 3.63) is 23.8 Å². The predicted molar refractivity (Wildman–Crippen MR) is 101 cm³/mol. The van der Waals surface area contributed by atoms with E-state index in [1.54, 1.807) is 11.8 Å². The highest BCUT2D eigenvalue weighted by molar-refractivity contribution is 5.92. The molecule has 0 aliphatic heterocycles. The van der Waals surface area contributed by atoms with Crippen LogP contribution < -0.4 is 15.1 Å². The first-order chi connectivity index (χ1) is 11.4. The van der Waals surface area contributed by atoms with Gasteiger partial charge in [0, 0.05) is 50.9 Å². The summed E-state index contributed by atoms with van der Waals surface area (Å²) in [5.41, 5.74) is 3.14. The molecule has 2 amide bonds. The number of carbonyl (C=O) groups is 2. The van der Waals surface area contributed by atoms with Crippen molar-refractivity contribution in [2.75, 3.05) is 36.0 Å². The molecule has 0 saturated carbocycles. The van der Waals surface area contributed by atoms with E-state index in [4.69, 9.17) is 0 Å². The molecule has 1 rings (SSSR count). The predicted octanol–water partition coefficient (Wildman–Crippen LogP) is 3.11. The fourth-order valence-electron chi connectivity index (χ4n) is 2.80. The Hall–Kier alpha value is -2.04. The lowest BCUT2D eigenvalue weighted by molar-refractivity contribution is -0.121. The zero-order chi connectivity index (χ0) is 18.1. The third kappa shape index (κ3) is 5.55. The molecule has 0 aromatic heterocycles. The number of hydrogen-bond acceptors (Lipinski definition) is 3. The smallest absolute Gasteiger partial charge is 0.223 e. The van der Waals surface area contributed by atoms with Crippen LogP contribution in [0.5, 0.6) is 0 Å². The van der Waals surface area contributed by atoms with Crippen LogP contribution in [-0.4, -0.2) is 38.0 Å². The molecule has 0 saturated heterocycles. The van der Waals surface area contributed by atoms with Gasteiger partial charge in [-0.3, -0.25) is 9.59 Å². The van der Waals surface area contributed by atoms with Gasteiger partial charge in [0.1, 0.15) is 0 Å². The molecule has 0 bridgehead atoms. The van der Waals surface area contributed by atoms with Gasteiger partial charge in [-0.1, -0.05) is 6.92 Å². The van der Waals surface area contributed by atoms with Gasteiger partial charge in [0.2, 0.25) is 11.8 Å². The second kappa shape index (κ2) is 9.96. The zero-order valence-corrected chi connectivity index (χ0v) is 15.7. The molecule has 5 heteroatoms. The molecule has 5 nitrogen and oxygen atoms in total. The minimum atomic E-state index is -0.0153. The van der Waals surface area contributed by atoms with Gasteiger partial charge >= 0.3 is 0 Å². The molecule has 0 heterocycles. The van der Waals surface area contributed by atoms with E-state index in [1.807, 2.05) is 19.9 Å². The molecule has 0 unspecified atom stereocenters. The third-order valence-electron chi connectivity index (χ3n) is 4.11. The molecule has 1 N–H and O–H groups in total. The van der Waals surface area contributed by atoms with Crippen molar-refractivity contribution in [3.63, 3.8) is 0 Å². The van der Waals surface area contributed by atoms with Crippen LogP contribution in [0.1, 0.15) is 46.1 Å². The summed E-state index contributed by atoms with van der Waals surface area (Å²) in [7, 11) is 0. The Labute approximate surface area is 146 Å². The highest BCUT2D eigenvalue weighted by Crippen LogP contribution is 2.25. The maximum absolute atomic E-state index is 12.0. The van der Waals surface area contributed by atoms with Gasteiger partial charge < -0.3 is 15.1 Å². The summed E-state index contributed by atoms with van der Waals surface area (Å²) < 4.78 is 0. The summed E-state index contributed by atoms with van der Waals surface area (Å²) in [5.74, 6) is 0.0213. The Morgan fingerprint density at radius 1 is 1.12 bits per heavy atom. The van der Waals surface area contributed by atoms with Crippen LogP contribution in [-0.2, 0) is 9.59 Å². The van der Waals surface area contributed by atoms with E-state index in [0.717, 1.165) is 30.8 Å². The Kier molecular flexibility index (Phi) is 8.30. The molecule has 1 aromatic carbocycles. The maximum atomic E-state index is 12.0. The van der Waals surface area contributed by atoms with Gasteiger partial charge in [-0.25, -0.2) is 0 Å². The lowest BCUT2D eigenvalue weighted by atomic mass is 10.1. The standard InChI is InChI=1S/C19H31N3O2/c1-6-9-19(24)20-12-13-22(16(5)23)18-11-10-17(14-15(18)4)21(7-2)8-3/h10-11,14H,6-9,12-13H2,1-5H3,(H,20,24). The topological polar surface area (TPSA) is 52.7 Å². The highest BCUT2D eigenvalue weighted by atomic mass is 16.2. The molecule has 0 aliphatic rings. The second-order valence-electron chi connectivity index (χ2n) is 5.91. The SMILES string of the molecule is CCCC(=O)NCCN(C(C)=O)c1ccc(N(CC)CC)cc1C. The molecule has 0 atom stereocenters. The van der Waals surface area contributed by atoms with Crippen LogP contribution in [0.2, 0.25) is 0 Å². The number of aryl methyl sites for hydroxylation is 1. The molecule has 134 valence electrons. The first kappa shape index (κ1) is 20.0. The summed E-state index contributed by atoms with van der Waals surface area (Å²) in [6.45, 7) is 12.7. The van der Waals surface area contributed by atoms with Crippen LogP contribution in [0, 0.1) is 6.92 Å². The number of rotatable bonds is 9. The number of anilines is 2. The molecular formula is C19H31N3O2. The Balaban J connectivity index is 2.85. The average Bonchev–Trinajstić information content (AvgIpc) is 2.53. The number of hydrogen-bond donors (Lipinski definition) is 1. The van der Waals surface area contributed by atoms with E-state index in [-0.39, 0.29) is 11.8 Å². The zero-order valence-electron chi connectivity index (χ0n) is 15.7. The van der Waals surface area contributed by atoms with Gasteiger partial charge in [-0.15, -0.1) is 0 Å². The average molecular weight is 333 g/mol. The van der Waals surface area contributed by atoms with Crippen molar-refractivity contribution >= 4 is 23.2 Å². The van der Waals surface area contributed by atoms with Gasteiger partial charge in [0.25, 0.3) is 0 Å². The van der Waals surface area contributed by atoms with E-state index in [1.165, 1.54) is 5.69 Å². The van der Waals surface area contributed by atoms with Gasteiger partial charge in [0.15, 0.2) is 0 Å². The second-order valence-corrected chi connectivity index (χ2v) is 5.91. The third-order valence-corrected chi connectivity index (χ3v) is 4.11. The molecule has 0 spiro atoms. The van der Waals surface area contributed by atoms with Crippen molar-refractivity contribution < 1.29 is 9.59 Å². The van der Waals surface area contributed by atoms with E-state index >= 15 is 0 Å². The summed E-state index contributed by atoms with van der Waals surface area (Å²) in [4.78, 5) is 27.6. The minimum Gasteiger partial charge on any atom is -0.372 e. The number of amides is 2. The highest BCUT2D eigenvalue weighted by Gasteiger charge is 2.15. The molecular weight excluding hydrogens is 302 g/mol. The number of carbonyl (C=O) groups excluding carboxylic acids is 2. The molecule has 0 radical (unpaired) electrons. The van der Waals surface area contributed by atoms with Crippen LogP contribution in [0.25, 0.3) is 0 Å². The van der Waals surface area contributed by atoms with Crippen molar-refractivity contribution in [2.45, 2.75) is 47.5 Å². The molecule has 0 aliphatic carbocycles. The molecule has 0 fully saturated rings. The van der Waals surface area contributed by atoms with Crippen LogP contribution in [0.3, 0.4) is 0 Å². The molecule has 1 aromatic rings. The lowest BCUT2D eigenvalue weighted by Gasteiger charge is -2.26. The number of benzene rings is 1. The summed E-state index contributed by atoms with van der Waals surface area (Å²) in [5, 5.41) is 2.86. The monoisotopic (exact) mass is 333 g/mol.